The molecule has 2 aromatic carbocycles. The van der Waals surface area contributed by atoms with Crippen LogP contribution in [-0.4, -0.2) is 49.4 Å². The van der Waals surface area contributed by atoms with Crippen molar-refractivity contribution in [3.63, 3.8) is 0 Å². The third-order valence-electron chi connectivity index (χ3n) is 6.00. The predicted octanol–water partition coefficient (Wildman–Crippen LogP) is 4.71. The second kappa shape index (κ2) is 11.2. The zero-order valence-corrected chi connectivity index (χ0v) is 22.7. The highest BCUT2D eigenvalue weighted by Crippen LogP contribution is 2.28. The van der Waals surface area contributed by atoms with E-state index in [2.05, 4.69) is 43.0 Å². The number of hydrogen-bond acceptors (Lipinski definition) is 6. The molecule has 4 rings (SSSR count). The number of carbonyl (C=O) groups is 2. The van der Waals surface area contributed by atoms with Crippen molar-refractivity contribution in [1.82, 2.24) is 9.62 Å². The number of aryl methyl sites for hydroxylation is 1. The van der Waals surface area contributed by atoms with Crippen LogP contribution < -0.4 is 10.0 Å². The first-order chi connectivity index (χ1) is 17.1. The lowest BCUT2D eigenvalue weighted by Crippen LogP contribution is -2.44. The Labute approximate surface area is 222 Å². The van der Waals surface area contributed by atoms with Gasteiger partial charge >= 0.3 is 5.97 Å². The Morgan fingerprint density at radius 2 is 1.81 bits per heavy atom. The highest BCUT2D eigenvalue weighted by atomic mass is 79.9. The molecule has 0 saturated carbocycles. The van der Waals surface area contributed by atoms with Gasteiger partial charge in [0.25, 0.3) is 5.91 Å². The van der Waals surface area contributed by atoms with E-state index in [9.17, 15) is 23.1 Å². The minimum atomic E-state index is -3.82. The number of thiophene rings is 1. The summed E-state index contributed by atoms with van der Waals surface area (Å²) in [4.78, 5) is 27.4. The number of piperidine rings is 1. The summed E-state index contributed by atoms with van der Waals surface area (Å²) in [5.74, 6) is -1.75. The van der Waals surface area contributed by atoms with E-state index in [4.69, 9.17) is 0 Å². The van der Waals surface area contributed by atoms with Gasteiger partial charge in [-0.3, -0.25) is 9.69 Å². The quantitative estimate of drug-likeness (QED) is 0.349. The van der Waals surface area contributed by atoms with Crippen LogP contribution in [0.2, 0.25) is 0 Å². The van der Waals surface area contributed by atoms with Gasteiger partial charge in [-0.25, -0.2) is 17.9 Å². The summed E-state index contributed by atoms with van der Waals surface area (Å²) in [5, 5.41) is 12.0. The molecular formula is C25H26BrN3O5S2. The first-order valence-corrected chi connectivity index (χ1v) is 14.4. The number of aromatic carboxylic acids is 1. The number of carboxylic acid groups (broad SMARTS) is 1. The summed E-state index contributed by atoms with van der Waals surface area (Å²) < 4.78 is 29.6. The molecule has 36 heavy (non-hydrogen) atoms. The van der Waals surface area contributed by atoms with Crippen LogP contribution in [-0.2, 0) is 16.6 Å². The lowest BCUT2D eigenvalue weighted by Gasteiger charge is -2.32. The number of halogens is 1. The van der Waals surface area contributed by atoms with Crippen molar-refractivity contribution in [3.8, 4) is 0 Å². The van der Waals surface area contributed by atoms with E-state index in [0.29, 0.717) is 22.2 Å². The summed E-state index contributed by atoms with van der Waals surface area (Å²) >= 11 is 4.27. The molecule has 3 N–H and O–H groups in total. The van der Waals surface area contributed by atoms with Crippen LogP contribution in [0.5, 0.6) is 0 Å². The minimum absolute atomic E-state index is 0.0682. The average molecular weight is 593 g/mol. The lowest BCUT2D eigenvalue weighted by molar-refractivity contribution is 0.0698. The van der Waals surface area contributed by atoms with Crippen molar-refractivity contribution in [2.24, 2.45) is 0 Å². The van der Waals surface area contributed by atoms with Crippen LogP contribution in [0.4, 0.5) is 5.69 Å². The average Bonchev–Trinajstić information content (AvgIpc) is 3.25. The number of nitrogens with zero attached hydrogens (tertiary/aromatic N) is 1. The van der Waals surface area contributed by atoms with Gasteiger partial charge in [-0.2, -0.15) is 0 Å². The number of carboxylic acids is 1. The van der Waals surface area contributed by atoms with Crippen molar-refractivity contribution in [1.29, 1.82) is 0 Å². The van der Waals surface area contributed by atoms with Crippen LogP contribution in [0.1, 0.15) is 43.3 Å². The number of sulfonamides is 1. The van der Waals surface area contributed by atoms with Gasteiger partial charge in [0.2, 0.25) is 10.0 Å². The molecule has 1 amide bonds. The van der Waals surface area contributed by atoms with E-state index in [1.54, 1.807) is 13.0 Å². The van der Waals surface area contributed by atoms with Crippen molar-refractivity contribution >= 4 is 54.9 Å². The summed E-state index contributed by atoms with van der Waals surface area (Å²) in [5.41, 5.74) is 1.29. The number of carbonyl (C=O) groups excluding carboxylic acids is 1. The van der Waals surface area contributed by atoms with Crippen LogP contribution >= 0.6 is 27.3 Å². The Kier molecular flexibility index (Phi) is 8.26. The number of nitrogens with one attached hydrogen (secondary N) is 2. The molecule has 1 aliphatic rings. The smallest absolute Gasteiger partial charge is 0.337 e. The summed E-state index contributed by atoms with van der Waals surface area (Å²) in [6, 6.07) is 15.8. The van der Waals surface area contributed by atoms with Gasteiger partial charge in [0.1, 0.15) is 0 Å². The maximum atomic E-state index is 13.1. The molecule has 2 heterocycles. The molecule has 0 radical (unpaired) electrons. The second-order valence-corrected chi connectivity index (χ2v) is 12.5. The van der Waals surface area contributed by atoms with Gasteiger partial charge in [-0.05, 0) is 49.6 Å². The number of amides is 1. The predicted molar refractivity (Wildman–Crippen MR) is 143 cm³/mol. The third-order valence-corrected chi connectivity index (χ3v) is 9.32. The monoisotopic (exact) mass is 591 g/mol. The number of likely N-dealkylation sites (tertiary alicyclic amines) is 1. The topological polar surface area (TPSA) is 116 Å². The Morgan fingerprint density at radius 3 is 2.47 bits per heavy atom. The molecular weight excluding hydrogens is 566 g/mol. The van der Waals surface area contributed by atoms with Crippen LogP contribution in [0.25, 0.3) is 0 Å². The molecule has 0 unspecified atom stereocenters. The Bertz CT molecular complexity index is 1370. The van der Waals surface area contributed by atoms with E-state index in [-0.39, 0.29) is 27.1 Å². The fourth-order valence-corrected chi connectivity index (χ4v) is 7.32. The van der Waals surface area contributed by atoms with Gasteiger partial charge in [0.05, 0.1) is 21.0 Å². The first kappa shape index (κ1) is 26.5. The Balaban J connectivity index is 1.40. The van der Waals surface area contributed by atoms with Crippen molar-refractivity contribution < 1.29 is 23.1 Å². The fourth-order valence-electron chi connectivity index (χ4n) is 4.16. The van der Waals surface area contributed by atoms with Gasteiger partial charge in [-0.1, -0.05) is 46.3 Å². The van der Waals surface area contributed by atoms with E-state index < -0.39 is 21.9 Å². The Morgan fingerprint density at radius 1 is 1.11 bits per heavy atom. The lowest BCUT2D eigenvalue weighted by atomic mass is 10.1. The van der Waals surface area contributed by atoms with Crippen LogP contribution in [0.3, 0.4) is 0 Å². The number of benzene rings is 2. The summed E-state index contributed by atoms with van der Waals surface area (Å²) in [7, 11) is -3.82. The van der Waals surface area contributed by atoms with Crippen molar-refractivity contribution in [2.75, 3.05) is 18.4 Å². The standard InChI is InChI=1S/C25H26BrN3O5S2/c1-16-23(14-22(35-16)24(30)27-21-8-7-18(26)13-20(21)25(31)32)36(33,34)28-19-9-11-29(12-10-19)15-17-5-3-2-4-6-17/h2-8,13-14,19,28H,9-12,15H2,1H3,(H,27,30)(H,31,32). The Hall–Kier alpha value is -2.57. The van der Waals surface area contributed by atoms with E-state index in [1.165, 1.54) is 23.8 Å². The summed E-state index contributed by atoms with van der Waals surface area (Å²) in [6.45, 7) is 4.07. The number of rotatable bonds is 8. The van der Waals surface area contributed by atoms with E-state index in [1.807, 2.05) is 18.2 Å². The maximum Gasteiger partial charge on any atom is 0.337 e. The number of hydrogen-bond donors (Lipinski definition) is 3. The summed E-state index contributed by atoms with van der Waals surface area (Å²) in [6.07, 6.45) is 1.40. The molecule has 1 aromatic heterocycles. The zero-order chi connectivity index (χ0) is 25.9. The molecule has 190 valence electrons. The van der Waals surface area contributed by atoms with Gasteiger partial charge in [0, 0.05) is 35.0 Å². The van der Waals surface area contributed by atoms with Crippen LogP contribution in [0, 0.1) is 6.92 Å². The second-order valence-electron chi connectivity index (χ2n) is 8.64. The van der Waals surface area contributed by atoms with Gasteiger partial charge in [-0.15, -0.1) is 11.3 Å². The molecule has 0 spiro atoms. The molecule has 0 bridgehead atoms. The molecule has 1 aliphatic heterocycles. The zero-order valence-electron chi connectivity index (χ0n) is 19.5. The highest BCUT2D eigenvalue weighted by molar-refractivity contribution is 9.10. The van der Waals surface area contributed by atoms with Crippen molar-refractivity contribution in [2.45, 2.75) is 37.2 Å². The molecule has 1 saturated heterocycles. The third kappa shape index (κ3) is 6.40. The minimum Gasteiger partial charge on any atom is -0.478 e. The van der Waals surface area contributed by atoms with Crippen molar-refractivity contribution in [3.05, 3.63) is 80.0 Å². The van der Waals surface area contributed by atoms with Gasteiger partial charge in [0.15, 0.2) is 0 Å². The fraction of sp³-hybridized carbons (Fsp3) is 0.280. The molecule has 0 aliphatic carbocycles. The molecule has 8 nitrogen and oxygen atoms in total. The molecule has 1 fully saturated rings. The highest BCUT2D eigenvalue weighted by Gasteiger charge is 2.28. The number of anilines is 1. The molecule has 11 heteroatoms. The maximum absolute atomic E-state index is 13.1. The van der Waals surface area contributed by atoms with E-state index in [0.717, 1.165) is 31.0 Å². The first-order valence-electron chi connectivity index (χ1n) is 11.4. The molecule has 3 aromatic rings. The normalized spacial score (nSPS) is 15.1. The SMILES string of the molecule is Cc1sc(C(=O)Nc2ccc(Br)cc2C(=O)O)cc1S(=O)(=O)NC1CCN(Cc2ccccc2)CC1. The van der Waals surface area contributed by atoms with Gasteiger partial charge < -0.3 is 10.4 Å². The largest absolute Gasteiger partial charge is 0.478 e. The van der Waals surface area contributed by atoms with E-state index >= 15 is 0 Å². The van der Waals surface area contributed by atoms with Crippen LogP contribution in [0.15, 0.2) is 64.0 Å². The molecule has 0 atom stereocenters.